The highest BCUT2D eigenvalue weighted by molar-refractivity contribution is 6.38. The third-order valence-electron chi connectivity index (χ3n) is 3.18. The predicted molar refractivity (Wildman–Crippen MR) is 98.0 cm³/mol. The van der Waals surface area contributed by atoms with Crippen LogP contribution in [0.25, 0.3) is 11.3 Å². The molecule has 0 saturated carbocycles. The Balaban J connectivity index is 1.85. The summed E-state index contributed by atoms with van der Waals surface area (Å²) < 4.78 is 0. The number of halogens is 2. The number of hydrogen-bond acceptors (Lipinski definition) is 4. The highest BCUT2D eigenvalue weighted by Gasteiger charge is 2.04. The van der Waals surface area contributed by atoms with Crippen LogP contribution >= 0.6 is 23.2 Å². The van der Waals surface area contributed by atoms with Gasteiger partial charge in [-0.1, -0.05) is 59.6 Å². The van der Waals surface area contributed by atoms with E-state index < -0.39 is 0 Å². The molecule has 2 N–H and O–H groups in total. The number of benzene rings is 2. The molecule has 0 radical (unpaired) electrons. The Morgan fingerprint density at radius 1 is 1.04 bits per heavy atom. The maximum absolute atomic E-state index is 11.8. The number of H-pyrrole nitrogens is 1. The van der Waals surface area contributed by atoms with Crippen molar-refractivity contribution >= 4 is 35.4 Å². The molecular weight excluding hydrogens is 347 g/mol. The topological polar surface area (TPSA) is 70.1 Å². The van der Waals surface area contributed by atoms with Crippen molar-refractivity contribution in [2.45, 2.75) is 0 Å². The van der Waals surface area contributed by atoms with Gasteiger partial charge in [0.05, 0.1) is 22.0 Å². The highest BCUT2D eigenvalue weighted by atomic mass is 35.5. The van der Waals surface area contributed by atoms with Gasteiger partial charge in [-0.05, 0) is 12.1 Å². The van der Waals surface area contributed by atoms with Crippen LogP contribution in [0.1, 0.15) is 5.56 Å². The van der Waals surface area contributed by atoms with E-state index in [1.807, 2.05) is 30.3 Å². The number of nitrogens with one attached hydrogen (secondary N) is 2. The summed E-state index contributed by atoms with van der Waals surface area (Å²) in [5, 5.41) is 4.99. The lowest BCUT2D eigenvalue weighted by molar-refractivity contribution is 1.09. The number of aromatic nitrogens is 2. The van der Waals surface area contributed by atoms with Crippen LogP contribution in [0, 0.1) is 0 Å². The molecule has 24 heavy (non-hydrogen) atoms. The summed E-state index contributed by atoms with van der Waals surface area (Å²) in [5.41, 5.74) is 4.37. The van der Waals surface area contributed by atoms with Crippen molar-refractivity contribution in [3.8, 4) is 11.3 Å². The van der Waals surface area contributed by atoms with E-state index in [1.54, 1.807) is 18.2 Å². The Kier molecular flexibility index (Phi) is 4.93. The van der Waals surface area contributed by atoms with E-state index in [0.29, 0.717) is 21.3 Å². The first kappa shape index (κ1) is 16.2. The number of anilines is 1. The fourth-order valence-corrected chi connectivity index (χ4v) is 2.55. The molecule has 0 fully saturated rings. The molecule has 0 bridgehead atoms. The highest BCUT2D eigenvalue weighted by Crippen LogP contribution is 2.22. The fourth-order valence-electron chi connectivity index (χ4n) is 2.06. The molecule has 7 heteroatoms. The van der Waals surface area contributed by atoms with Crippen molar-refractivity contribution < 1.29 is 0 Å². The van der Waals surface area contributed by atoms with E-state index in [2.05, 4.69) is 20.5 Å². The van der Waals surface area contributed by atoms with Gasteiger partial charge in [0.2, 0.25) is 5.95 Å². The molecule has 3 rings (SSSR count). The van der Waals surface area contributed by atoms with Crippen LogP contribution in [-0.4, -0.2) is 16.2 Å². The van der Waals surface area contributed by atoms with Gasteiger partial charge >= 0.3 is 0 Å². The Hall–Kier alpha value is -2.63. The molecule has 0 aliphatic carbocycles. The summed E-state index contributed by atoms with van der Waals surface area (Å²) >= 11 is 12.1. The molecule has 2 aromatic carbocycles. The molecule has 120 valence electrons. The molecule has 0 aliphatic heterocycles. The van der Waals surface area contributed by atoms with Crippen molar-refractivity contribution in [1.82, 2.24) is 9.97 Å². The molecule has 0 spiro atoms. The van der Waals surface area contributed by atoms with Gasteiger partial charge in [-0.15, -0.1) is 0 Å². The van der Waals surface area contributed by atoms with Crippen LogP contribution in [0.4, 0.5) is 5.95 Å². The second kappa shape index (κ2) is 7.29. The number of hydrazone groups is 1. The standard InChI is InChI=1S/C17H12Cl2N4O/c18-13-7-4-8-14(19)12(13)10-20-23-17-21-15(9-16(24)22-17)11-5-2-1-3-6-11/h1-10H,(H2,21,22,23,24)/b20-10-. The van der Waals surface area contributed by atoms with Gasteiger partial charge < -0.3 is 0 Å². The molecule has 1 aromatic heterocycles. The molecule has 0 amide bonds. The van der Waals surface area contributed by atoms with Crippen molar-refractivity contribution in [2.75, 3.05) is 5.43 Å². The first-order valence-electron chi connectivity index (χ1n) is 7.03. The van der Waals surface area contributed by atoms with Gasteiger partial charge in [0.25, 0.3) is 5.56 Å². The summed E-state index contributed by atoms with van der Waals surface area (Å²) in [6.45, 7) is 0. The lowest BCUT2D eigenvalue weighted by Gasteiger charge is -2.04. The van der Waals surface area contributed by atoms with E-state index in [-0.39, 0.29) is 11.5 Å². The third kappa shape index (κ3) is 3.82. The molecule has 0 saturated heterocycles. The van der Waals surface area contributed by atoms with Crippen LogP contribution in [0.2, 0.25) is 10.0 Å². The van der Waals surface area contributed by atoms with E-state index in [9.17, 15) is 4.79 Å². The first-order chi connectivity index (χ1) is 11.6. The zero-order valence-electron chi connectivity index (χ0n) is 12.3. The van der Waals surface area contributed by atoms with E-state index >= 15 is 0 Å². The SMILES string of the molecule is O=c1cc(-c2ccccc2)nc(N/N=C\c2c(Cl)cccc2Cl)[nH]1. The summed E-state index contributed by atoms with van der Waals surface area (Å²) in [7, 11) is 0. The lowest BCUT2D eigenvalue weighted by Crippen LogP contribution is -2.10. The number of rotatable bonds is 4. The van der Waals surface area contributed by atoms with Crippen molar-refractivity contribution in [2.24, 2.45) is 5.10 Å². The van der Waals surface area contributed by atoms with Gasteiger partial charge in [0.1, 0.15) is 0 Å². The molecule has 1 heterocycles. The van der Waals surface area contributed by atoms with Crippen LogP contribution < -0.4 is 11.0 Å². The van der Waals surface area contributed by atoms with Gasteiger partial charge in [-0.2, -0.15) is 5.10 Å². The number of aromatic amines is 1. The monoisotopic (exact) mass is 358 g/mol. The first-order valence-corrected chi connectivity index (χ1v) is 7.79. The Morgan fingerprint density at radius 3 is 2.46 bits per heavy atom. The Morgan fingerprint density at radius 2 is 1.75 bits per heavy atom. The van der Waals surface area contributed by atoms with Crippen molar-refractivity contribution in [3.05, 3.63) is 80.6 Å². The quantitative estimate of drug-likeness (QED) is 0.542. The molecular formula is C17H12Cl2N4O. The van der Waals surface area contributed by atoms with Crippen LogP contribution in [-0.2, 0) is 0 Å². The fraction of sp³-hybridized carbons (Fsp3) is 0. The van der Waals surface area contributed by atoms with Gasteiger partial charge in [-0.3, -0.25) is 9.78 Å². The molecule has 5 nitrogen and oxygen atoms in total. The summed E-state index contributed by atoms with van der Waals surface area (Å²) in [5.74, 6) is 0.223. The minimum atomic E-state index is -0.280. The summed E-state index contributed by atoms with van der Waals surface area (Å²) in [6.07, 6.45) is 1.47. The van der Waals surface area contributed by atoms with Gasteiger partial charge in [0.15, 0.2) is 0 Å². The normalized spacial score (nSPS) is 10.9. The van der Waals surface area contributed by atoms with Crippen molar-refractivity contribution in [3.63, 3.8) is 0 Å². The summed E-state index contributed by atoms with van der Waals surface area (Å²) in [6, 6.07) is 16.0. The zero-order chi connectivity index (χ0) is 16.9. The summed E-state index contributed by atoms with van der Waals surface area (Å²) in [4.78, 5) is 18.7. The Labute approximate surface area is 148 Å². The number of nitrogens with zero attached hydrogens (tertiary/aromatic N) is 2. The van der Waals surface area contributed by atoms with E-state index in [0.717, 1.165) is 5.56 Å². The second-order valence-corrected chi connectivity index (χ2v) is 5.67. The van der Waals surface area contributed by atoms with E-state index in [4.69, 9.17) is 23.2 Å². The lowest BCUT2D eigenvalue weighted by atomic mass is 10.1. The van der Waals surface area contributed by atoms with Crippen LogP contribution in [0.15, 0.2) is 64.5 Å². The van der Waals surface area contributed by atoms with Crippen LogP contribution in [0.5, 0.6) is 0 Å². The average Bonchev–Trinajstić information content (AvgIpc) is 2.58. The maximum atomic E-state index is 11.8. The minimum absolute atomic E-state index is 0.223. The molecule has 3 aromatic rings. The zero-order valence-corrected chi connectivity index (χ0v) is 13.8. The van der Waals surface area contributed by atoms with Crippen LogP contribution in [0.3, 0.4) is 0 Å². The van der Waals surface area contributed by atoms with E-state index in [1.165, 1.54) is 12.3 Å². The molecule has 0 unspecified atom stereocenters. The smallest absolute Gasteiger partial charge is 0.252 e. The van der Waals surface area contributed by atoms with Gasteiger partial charge in [0, 0.05) is 17.2 Å². The Bertz CT molecular complexity index is 919. The molecule has 0 atom stereocenters. The minimum Gasteiger partial charge on any atom is -0.291 e. The molecule has 0 aliphatic rings. The maximum Gasteiger partial charge on any atom is 0.252 e. The average molecular weight is 359 g/mol. The predicted octanol–water partition coefficient (Wildman–Crippen LogP) is 4.19. The second-order valence-electron chi connectivity index (χ2n) is 4.85. The largest absolute Gasteiger partial charge is 0.291 e. The number of hydrogen-bond donors (Lipinski definition) is 2. The van der Waals surface area contributed by atoms with Crippen molar-refractivity contribution in [1.29, 1.82) is 0 Å². The third-order valence-corrected chi connectivity index (χ3v) is 3.83. The van der Waals surface area contributed by atoms with Gasteiger partial charge in [-0.25, -0.2) is 10.4 Å².